The van der Waals surface area contributed by atoms with Gasteiger partial charge < -0.3 is 4.90 Å². The largest absolute Gasteiger partial charge is 0.307 e. The number of nitrogens with one attached hydrogen (secondary N) is 1. The molecule has 5 nitrogen and oxygen atoms in total. The molecule has 18 heavy (non-hydrogen) atoms. The Labute approximate surface area is 105 Å². The molecule has 0 saturated heterocycles. The summed E-state index contributed by atoms with van der Waals surface area (Å²) < 4.78 is 0. The first-order chi connectivity index (χ1) is 8.75. The van der Waals surface area contributed by atoms with E-state index in [0.717, 1.165) is 25.1 Å². The first kappa shape index (κ1) is 11.0. The summed E-state index contributed by atoms with van der Waals surface area (Å²) in [6, 6.07) is 6.20. The Morgan fingerprint density at radius 2 is 2.33 bits per heavy atom. The predicted molar refractivity (Wildman–Crippen MR) is 67.6 cm³/mol. The quantitative estimate of drug-likeness (QED) is 0.828. The van der Waals surface area contributed by atoms with Gasteiger partial charge in [0.05, 0.1) is 6.20 Å². The number of amides is 1. The van der Waals surface area contributed by atoms with Gasteiger partial charge >= 0.3 is 0 Å². The van der Waals surface area contributed by atoms with Crippen molar-refractivity contribution in [3.63, 3.8) is 0 Å². The number of rotatable bonds is 1. The van der Waals surface area contributed by atoms with Crippen LogP contribution in [0.15, 0.2) is 24.4 Å². The van der Waals surface area contributed by atoms with E-state index in [-0.39, 0.29) is 5.91 Å². The average Bonchev–Trinajstić information content (AvgIpc) is 2.90. The molecule has 2 heterocycles. The number of hydrogen-bond donors (Lipinski definition) is 1. The molecule has 92 valence electrons. The van der Waals surface area contributed by atoms with Crippen molar-refractivity contribution in [3.8, 4) is 0 Å². The summed E-state index contributed by atoms with van der Waals surface area (Å²) in [5, 5.41) is 10.0. The second-order valence-electron chi connectivity index (χ2n) is 4.55. The molecule has 0 atom stereocenters. The Bertz CT molecular complexity index is 577. The van der Waals surface area contributed by atoms with Crippen LogP contribution in [0.1, 0.15) is 28.0 Å². The summed E-state index contributed by atoms with van der Waals surface area (Å²) in [7, 11) is 0. The monoisotopic (exact) mass is 242 g/mol. The van der Waals surface area contributed by atoms with Crippen molar-refractivity contribution in [1.29, 1.82) is 0 Å². The molecule has 5 heteroatoms. The van der Waals surface area contributed by atoms with Crippen molar-refractivity contribution in [2.24, 2.45) is 0 Å². The summed E-state index contributed by atoms with van der Waals surface area (Å²) in [5.41, 5.74) is 3.82. The van der Waals surface area contributed by atoms with Crippen molar-refractivity contribution in [1.82, 2.24) is 15.4 Å². The maximum Gasteiger partial charge on any atom is 0.280 e. The average molecular weight is 242 g/mol. The highest BCUT2D eigenvalue weighted by molar-refractivity contribution is 6.05. The lowest BCUT2D eigenvalue weighted by atomic mass is 9.99. The van der Waals surface area contributed by atoms with Crippen LogP contribution in [0.5, 0.6) is 0 Å². The minimum Gasteiger partial charge on any atom is -0.307 e. The van der Waals surface area contributed by atoms with Gasteiger partial charge in [-0.05, 0) is 31.4 Å². The molecule has 1 aliphatic rings. The number of H-pyrrole nitrogens is 1. The van der Waals surface area contributed by atoms with Crippen LogP contribution in [0, 0.1) is 6.92 Å². The van der Waals surface area contributed by atoms with Gasteiger partial charge in [0.25, 0.3) is 5.91 Å². The lowest BCUT2D eigenvalue weighted by Crippen LogP contribution is -2.35. The van der Waals surface area contributed by atoms with Gasteiger partial charge in [-0.2, -0.15) is 15.4 Å². The Balaban J connectivity index is 1.99. The predicted octanol–water partition coefficient (Wildman–Crippen LogP) is 1.71. The lowest BCUT2D eigenvalue weighted by Gasteiger charge is -2.29. The maximum absolute atomic E-state index is 12.3. The number of carbonyl (C=O) groups is 1. The number of aromatic nitrogens is 3. The van der Waals surface area contributed by atoms with Crippen molar-refractivity contribution < 1.29 is 4.79 Å². The van der Waals surface area contributed by atoms with E-state index in [4.69, 9.17) is 0 Å². The minimum absolute atomic E-state index is 0.0893. The van der Waals surface area contributed by atoms with E-state index < -0.39 is 0 Å². The molecule has 0 fully saturated rings. The van der Waals surface area contributed by atoms with Crippen molar-refractivity contribution in [2.45, 2.75) is 19.8 Å². The zero-order valence-corrected chi connectivity index (χ0v) is 10.2. The van der Waals surface area contributed by atoms with E-state index in [9.17, 15) is 4.79 Å². The molecular formula is C13H14N4O. The highest BCUT2D eigenvalue weighted by atomic mass is 16.2. The molecule has 2 aromatic rings. The van der Waals surface area contributed by atoms with E-state index >= 15 is 0 Å². The molecule has 0 aliphatic carbocycles. The summed E-state index contributed by atoms with van der Waals surface area (Å²) in [4.78, 5) is 14.1. The minimum atomic E-state index is -0.0893. The molecule has 1 amide bonds. The molecule has 0 saturated carbocycles. The van der Waals surface area contributed by atoms with E-state index in [1.54, 1.807) is 4.90 Å². The second-order valence-corrected chi connectivity index (χ2v) is 4.55. The van der Waals surface area contributed by atoms with E-state index in [0.29, 0.717) is 5.69 Å². The van der Waals surface area contributed by atoms with Crippen molar-refractivity contribution >= 4 is 11.6 Å². The van der Waals surface area contributed by atoms with Gasteiger partial charge in [-0.1, -0.05) is 17.7 Å². The molecule has 0 radical (unpaired) electrons. The normalized spacial score (nSPS) is 14.4. The summed E-state index contributed by atoms with van der Waals surface area (Å²) in [6.07, 6.45) is 3.48. The number of fused-ring (bicyclic) bond motifs is 1. The number of aryl methyl sites for hydroxylation is 2. The summed E-state index contributed by atoms with van der Waals surface area (Å²) >= 11 is 0. The number of aromatic amines is 1. The third-order valence-electron chi connectivity index (χ3n) is 3.23. The lowest BCUT2D eigenvalue weighted by molar-refractivity contribution is 0.0980. The summed E-state index contributed by atoms with van der Waals surface area (Å²) in [5.74, 6) is -0.0893. The van der Waals surface area contributed by atoms with Gasteiger partial charge in [-0.3, -0.25) is 4.79 Å². The molecule has 0 spiro atoms. The van der Waals surface area contributed by atoms with Gasteiger partial charge in [0.15, 0.2) is 5.69 Å². The zero-order valence-electron chi connectivity index (χ0n) is 10.2. The Morgan fingerprint density at radius 1 is 1.44 bits per heavy atom. The summed E-state index contributed by atoms with van der Waals surface area (Å²) in [6.45, 7) is 2.81. The number of hydrogen-bond acceptors (Lipinski definition) is 3. The maximum atomic E-state index is 12.3. The number of anilines is 1. The third-order valence-corrected chi connectivity index (χ3v) is 3.23. The van der Waals surface area contributed by atoms with Crippen molar-refractivity contribution in [3.05, 3.63) is 41.2 Å². The number of carbonyl (C=O) groups excluding carboxylic acids is 1. The Kier molecular flexibility index (Phi) is 2.59. The van der Waals surface area contributed by atoms with Crippen molar-refractivity contribution in [2.75, 3.05) is 11.4 Å². The third kappa shape index (κ3) is 1.77. The Morgan fingerprint density at radius 3 is 3.11 bits per heavy atom. The standard InChI is InChI=1S/C13H14N4O/c1-9-4-5-12-10(7-9)3-2-6-17(12)13(18)11-8-14-16-15-11/h4-5,7-8H,2-3,6H2,1H3,(H,14,15,16). The fraction of sp³-hybridized carbons (Fsp3) is 0.308. The fourth-order valence-electron chi connectivity index (χ4n) is 2.38. The zero-order chi connectivity index (χ0) is 12.5. The highest BCUT2D eigenvalue weighted by Crippen LogP contribution is 2.28. The molecule has 1 aromatic carbocycles. The fourth-order valence-corrected chi connectivity index (χ4v) is 2.38. The second kappa shape index (κ2) is 4.25. The van der Waals surface area contributed by atoms with E-state index in [1.807, 2.05) is 12.1 Å². The van der Waals surface area contributed by atoms with Crippen LogP contribution in [-0.2, 0) is 6.42 Å². The number of benzene rings is 1. The smallest absolute Gasteiger partial charge is 0.280 e. The van der Waals surface area contributed by atoms with Crippen LogP contribution in [0.25, 0.3) is 0 Å². The van der Waals surface area contributed by atoms with Crippen LogP contribution >= 0.6 is 0 Å². The molecule has 1 N–H and O–H groups in total. The van der Waals surface area contributed by atoms with Crippen LogP contribution in [0.3, 0.4) is 0 Å². The van der Waals surface area contributed by atoms with Gasteiger partial charge in [0.2, 0.25) is 0 Å². The first-order valence-electron chi connectivity index (χ1n) is 6.03. The van der Waals surface area contributed by atoms with E-state index in [1.165, 1.54) is 17.3 Å². The van der Waals surface area contributed by atoms with Crippen LogP contribution in [-0.4, -0.2) is 27.9 Å². The highest BCUT2D eigenvalue weighted by Gasteiger charge is 2.24. The van der Waals surface area contributed by atoms with Crippen LogP contribution in [0.2, 0.25) is 0 Å². The number of nitrogens with zero attached hydrogens (tertiary/aromatic N) is 3. The molecule has 0 unspecified atom stereocenters. The molecule has 3 rings (SSSR count). The van der Waals surface area contributed by atoms with Gasteiger partial charge in [-0.25, -0.2) is 0 Å². The molecule has 1 aliphatic heterocycles. The molecular weight excluding hydrogens is 228 g/mol. The first-order valence-corrected chi connectivity index (χ1v) is 6.03. The topological polar surface area (TPSA) is 61.9 Å². The van der Waals surface area contributed by atoms with Gasteiger partial charge in [0.1, 0.15) is 0 Å². The van der Waals surface area contributed by atoms with Crippen LogP contribution in [0.4, 0.5) is 5.69 Å². The van der Waals surface area contributed by atoms with E-state index in [2.05, 4.69) is 28.4 Å². The van der Waals surface area contributed by atoms with Crippen LogP contribution < -0.4 is 4.90 Å². The SMILES string of the molecule is Cc1ccc2c(c1)CCCN2C(=O)c1cn[nH]n1. The van der Waals surface area contributed by atoms with Gasteiger partial charge in [0, 0.05) is 12.2 Å². The Hall–Kier alpha value is -2.17. The molecule has 1 aromatic heterocycles. The molecule has 0 bridgehead atoms. The van der Waals surface area contributed by atoms with Gasteiger partial charge in [-0.15, -0.1) is 0 Å².